The van der Waals surface area contributed by atoms with Crippen LogP contribution in [0.15, 0.2) is 30.5 Å². The number of nitrogens with zero attached hydrogens (tertiary/aromatic N) is 3. The first-order valence-electron chi connectivity index (χ1n) is 5.79. The number of hydrogen-bond donors (Lipinski definition) is 1. The lowest BCUT2D eigenvalue weighted by atomic mass is 10.3. The van der Waals surface area contributed by atoms with E-state index in [1.807, 2.05) is 6.92 Å². The molecule has 0 amide bonds. The number of nitro groups is 1. The van der Waals surface area contributed by atoms with Gasteiger partial charge in [0.1, 0.15) is 5.82 Å². The van der Waals surface area contributed by atoms with E-state index in [0.29, 0.717) is 12.5 Å². The molecule has 20 heavy (non-hydrogen) atoms. The molecule has 7 nitrogen and oxygen atoms in total. The molecule has 0 bridgehead atoms. The Hall–Kier alpha value is -2.77. The number of anilines is 1. The van der Waals surface area contributed by atoms with E-state index in [1.165, 1.54) is 12.3 Å². The van der Waals surface area contributed by atoms with Crippen LogP contribution >= 0.6 is 0 Å². The number of rotatable bonds is 5. The molecule has 0 unspecified atom stereocenters. The maximum absolute atomic E-state index is 13.2. The number of nitrogens with one attached hydrogen (secondary N) is 1. The van der Waals surface area contributed by atoms with Gasteiger partial charge in [-0.25, -0.2) is 9.37 Å². The van der Waals surface area contributed by atoms with Crippen molar-refractivity contribution in [3.63, 3.8) is 0 Å². The molecule has 0 fully saturated rings. The van der Waals surface area contributed by atoms with Gasteiger partial charge in [0.15, 0.2) is 0 Å². The average molecular weight is 278 g/mol. The Morgan fingerprint density at radius 1 is 1.45 bits per heavy atom. The van der Waals surface area contributed by atoms with Gasteiger partial charge in [-0.05, 0) is 13.0 Å². The smallest absolute Gasteiger partial charge is 0.311 e. The summed E-state index contributed by atoms with van der Waals surface area (Å²) in [6, 6.07) is 4.40. The number of halogens is 1. The van der Waals surface area contributed by atoms with Crippen molar-refractivity contribution in [1.29, 1.82) is 0 Å². The van der Waals surface area contributed by atoms with Crippen LogP contribution in [0.1, 0.15) is 6.92 Å². The van der Waals surface area contributed by atoms with Crippen LogP contribution in [0.25, 0.3) is 0 Å². The molecule has 0 radical (unpaired) electrons. The van der Waals surface area contributed by atoms with Crippen molar-refractivity contribution in [1.82, 2.24) is 9.97 Å². The first-order chi connectivity index (χ1) is 9.60. The summed E-state index contributed by atoms with van der Waals surface area (Å²) in [5, 5.41) is 13.7. The van der Waals surface area contributed by atoms with Gasteiger partial charge in [-0.3, -0.25) is 10.1 Å². The van der Waals surface area contributed by atoms with E-state index in [2.05, 4.69) is 15.3 Å². The molecule has 2 aromatic rings. The summed E-state index contributed by atoms with van der Waals surface area (Å²) in [6.45, 7) is 2.48. The van der Waals surface area contributed by atoms with Crippen LogP contribution in [-0.4, -0.2) is 21.4 Å². The number of ether oxygens (including phenoxy) is 1. The van der Waals surface area contributed by atoms with E-state index in [1.54, 1.807) is 0 Å². The van der Waals surface area contributed by atoms with E-state index >= 15 is 0 Å². The third-order valence-corrected chi connectivity index (χ3v) is 2.30. The third kappa shape index (κ3) is 3.16. The molecule has 0 saturated carbocycles. The second-order valence-corrected chi connectivity index (χ2v) is 3.72. The molecular formula is C12H11FN4O3. The molecule has 0 aliphatic carbocycles. The summed E-state index contributed by atoms with van der Waals surface area (Å²) in [6.07, 6.45) is 1.44. The van der Waals surface area contributed by atoms with Crippen LogP contribution < -0.4 is 10.1 Å². The van der Waals surface area contributed by atoms with Crippen molar-refractivity contribution in [3.8, 4) is 11.6 Å². The lowest BCUT2D eigenvalue weighted by molar-refractivity contribution is -0.385. The van der Waals surface area contributed by atoms with Crippen molar-refractivity contribution in [2.24, 2.45) is 0 Å². The molecule has 0 aliphatic rings. The first-order valence-corrected chi connectivity index (χ1v) is 5.79. The van der Waals surface area contributed by atoms with Crippen LogP contribution in [0.2, 0.25) is 0 Å². The van der Waals surface area contributed by atoms with Crippen molar-refractivity contribution in [2.75, 3.05) is 11.9 Å². The van der Waals surface area contributed by atoms with Gasteiger partial charge < -0.3 is 10.1 Å². The van der Waals surface area contributed by atoms with Crippen molar-refractivity contribution < 1.29 is 14.1 Å². The van der Waals surface area contributed by atoms with Crippen molar-refractivity contribution in [2.45, 2.75) is 6.92 Å². The number of aromatic nitrogens is 2. The largest absolute Gasteiger partial charge is 0.432 e. The van der Waals surface area contributed by atoms with Gasteiger partial charge in [0, 0.05) is 30.9 Å². The highest BCUT2D eigenvalue weighted by Crippen LogP contribution is 2.31. The zero-order chi connectivity index (χ0) is 14.5. The molecule has 1 aromatic heterocycles. The lowest BCUT2D eigenvalue weighted by Crippen LogP contribution is -2.02. The molecule has 1 N–H and O–H groups in total. The van der Waals surface area contributed by atoms with Gasteiger partial charge in [-0.15, -0.1) is 0 Å². The summed E-state index contributed by atoms with van der Waals surface area (Å²) in [7, 11) is 0. The van der Waals surface area contributed by atoms with Gasteiger partial charge in [0.25, 0.3) is 0 Å². The highest BCUT2D eigenvalue weighted by atomic mass is 19.1. The monoisotopic (exact) mass is 278 g/mol. The van der Waals surface area contributed by atoms with Crippen LogP contribution in [0.5, 0.6) is 11.6 Å². The van der Waals surface area contributed by atoms with Gasteiger partial charge in [-0.1, -0.05) is 0 Å². The molecule has 0 atom stereocenters. The second kappa shape index (κ2) is 5.91. The van der Waals surface area contributed by atoms with E-state index in [9.17, 15) is 14.5 Å². The Labute approximate surface area is 113 Å². The number of benzene rings is 1. The normalized spacial score (nSPS) is 10.1. The molecule has 1 heterocycles. The lowest BCUT2D eigenvalue weighted by Gasteiger charge is -2.07. The number of nitro benzene ring substituents is 1. The van der Waals surface area contributed by atoms with E-state index < -0.39 is 10.7 Å². The van der Waals surface area contributed by atoms with Crippen molar-refractivity contribution >= 4 is 11.6 Å². The van der Waals surface area contributed by atoms with E-state index in [0.717, 1.165) is 18.2 Å². The van der Waals surface area contributed by atoms with Crippen LogP contribution in [0, 0.1) is 15.9 Å². The standard InChI is InChI=1S/C12H11FN4O3/c1-2-14-12-15-6-5-11(16-12)20-10-7-8(13)3-4-9(10)17(18)19/h3-7H,2H2,1H3,(H,14,15,16). The molecule has 1 aromatic carbocycles. The second-order valence-electron chi connectivity index (χ2n) is 3.72. The maximum atomic E-state index is 13.2. The van der Waals surface area contributed by atoms with Crippen LogP contribution in [-0.2, 0) is 0 Å². The first kappa shape index (κ1) is 13.7. The summed E-state index contributed by atoms with van der Waals surface area (Å²) in [5.74, 6) is -0.434. The summed E-state index contributed by atoms with van der Waals surface area (Å²) in [4.78, 5) is 18.1. The zero-order valence-corrected chi connectivity index (χ0v) is 10.5. The minimum atomic E-state index is -0.652. The highest BCUT2D eigenvalue weighted by molar-refractivity contribution is 5.48. The zero-order valence-electron chi connectivity index (χ0n) is 10.5. The molecule has 0 aliphatic heterocycles. The Kier molecular flexibility index (Phi) is 4.04. The fraction of sp³-hybridized carbons (Fsp3) is 0.167. The van der Waals surface area contributed by atoms with Gasteiger partial charge >= 0.3 is 5.69 Å². The molecule has 2 rings (SSSR count). The predicted octanol–water partition coefficient (Wildman–Crippen LogP) is 2.75. The summed E-state index contributed by atoms with van der Waals surface area (Å²) >= 11 is 0. The summed E-state index contributed by atoms with van der Waals surface area (Å²) < 4.78 is 18.4. The van der Waals surface area contributed by atoms with Gasteiger partial charge in [-0.2, -0.15) is 4.98 Å². The van der Waals surface area contributed by atoms with Crippen LogP contribution in [0.4, 0.5) is 16.0 Å². The minimum absolute atomic E-state index is 0.0876. The topological polar surface area (TPSA) is 90.2 Å². The Morgan fingerprint density at radius 2 is 2.25 bits per heavy atom. The molecular weight excluding hydrogens is 267 g/mol. The Bertz CT molecular complexity index is 636. The predicted molar refractivity (Wildman–Crippen MR) is 69.3 cm³/mol. The molecule has 0 saturated heterocycles. The minimum Gasteiger partial charge on any atom is -0.432 e. The fourth-order valence-corrected chi connectivity index (χ4v) is 1.48. The average Bonchev–Trinajstić information content (AvgIpc) is 2.39. The third-order valence-electron chi connectivity index (χ3n) is 2.30. The van der Waals surface area contributed by atoms with E-state index in [-0.39, 0.29) is 17.3 Å². The molecule has 104 valence electrons. The quantitative estimate of drug-likeness (QED) is 0.668. The molecule has 0 spiro atoms. The number of hydrogen-bond acceptors (Lipinski definition) is 6. The van der Waals surface area contributed by atoms with Crippen molar-refractivity contribution in [3.05, 3.63) is 46.4 Å². The Morgan fingerprint density at radius 3 is 2.95 bits per heavy atom. The van der Waals surface area contributed by atoms with Gasteiger partial charge in [0.2, 0.25) is 17.6 Å². The summed E-state index contributed by atoms with van der Waals surface area (Å²) in [5.41, 5.74) is -0.338. The fourth-order valence-electron chi connectivity index (χ4n) is 1.48. The Balaban J connectivity index is 2.31. The SMILES string of the molecule is CCNc1nccc(Oc2cc(F)ccc2[N+](=O)[O-])n1. The van der Waals surface area contributed by atoms with Crippen LogP contribution in [0.3, 0.4) is 0 Å². The maximum Gasteiger partial charge on any atom is 0.311 e. The van der Waals surface area contributed by atoms with E-state index in [4.69, 9.17) is 4.74 Å². The molecule has 8 heteroatoms. The van der Waals surface area contributed by atoms with Gasteiger partial charge in [0.05, 0.1) is 4.92 Å². The highest BCUT2D eigenvalue weighted by Gasteiger charge is 2.17.